The number of nitrogens with one attached hydrogen (secondary N) is 1. The van der Waals surface area contributed by atoms with Gasteiger partial charge < -0.3 is 5.32 Å². The second kappa shape index (κ2) is 5.28. The zero-order valence-corrected chi connectivity index (χ0v) is 9.73. The Bertz CT molecular complexity index is 437. The fraction of sp³-hybridized carbons (Fsp3) is 0.364. The summed E-state index contributed by atoms with van der Waals surface area (Å²) < 4.78 is 37.5. The van der Waals surface area contributed by atoms with E-state index in [0.717, 1.165) is 12.1 Å². The summed E-state index contributed by atoms with van der Waals surface area (Å²) in [5.41, 5.74) is -0.855. The molecule has 0 bridgehead atoms. The molecule has 0 saturated carbocycles. The molecular formula is C11H10ClF3N2. The number of rotatable bonds is 3. The van der Waals surface area contributed by atoms with Crippen LogP contribution in [0.4, 0.5) is 19.0 Å². The van der Waals surface area contributed by atoms with Gasteiger partial charge in [-0.05, 0) is 18.6 Å². The van der Waals surface area contributed by atoms with E-state index in [0.29, 0.717) is 6.42 Å². The van der Waals surface area contributed by atoms with E-state index in [1.165, 1.54) is 0 Å². The lowest BCUT2D eigenvalue weighted by Gasteiger charge is -2.14. The number of terminal acetylenes is 1. The Morgan fingerprint density at radius 3 is 2.65 bits per heavy atom. The third-order valence-electron chi connectivity index (χ3n) is 2.05. The van der Waals surface area contributed by atoms with Crippen molar-refractivity contribution in [1.82, 2.24) is 4.98 Å². The topological polar surface area (TPSA) is 24.9 Å². The minimum atomic E-state index is -4.46. The van der Waals surface area contributed by atoms with Crippen molar-refractivity contribution in [2.24, 2.45) is 0 Å². The monoisotopic (exact) mass is 262 g/mol. The summed E-state index contributed by atoms with van der Waals surface area (Å²) in [6, 6.07) is 1.28. The van der Waals surface area contributed by atoms with Gasteiger partial charge in [-0.15, -0.1) is 6.42 Å². The van der Waals surface area contributed by atoms with Gasteiger partial charge in [0.25, 0.3) is 0 Å². The predicted molar refractivity (Wildman–Crippen MR) is 60.8 cm³/mol. The van der Waals surface area contributed by atoms with Crippen molar-refractivity contribution < 1.29 is 13.2 Å². The molecule has 0 aromatic carbocycles. The highest BCUT2D eigenvalue weighted by atomic mass is 35.5. The molecule has 1 aromatic rings. The van der Waals surface area contributed by atoms with Crippen LogP contribution in [0.2, 0.25) is 5.15 Å². The van der Waals surface area contributed by atoms with Gasteiger partial charge in [-0.2, -0.15) is 13.2 Å². The summed E-state index contributed by atoms with van der Waals surface area (Å²) >= 11 is 5.52. The molecule has 1 rings (SSSR count). The van der Waals surface area contributed by atoms with Crippen molar-refractivity contribution in [2.45, 2.75) is 25.6 Å². The largest absolute Gasteiger partial charge is 0.416 e. The van der Waals surface area contributed by atoms with E-state index in [4.69, 9.17) is 18.0 Å². The number of hydrogen-bond donors (Lipinski definition) is 1. The Labute approximate surface area is 102 Å². The predicted octanol–water partition coefficient (Wildman–Crippen LogP) is 3.58. The highest BCUT2D eigenvalue weighted by Gasteiger charge is 2.31. The van der Waals surface area contributed by atoms with Crippen LogP contribution in [0.15, 0.2) is 12.1 Å². The van der Waals surface area contributed by atoms with E-state index >= 15 is 0 Å². The molecular weight excluding hydrogens is 253 g/mol. The van der Waals surface area contributed by atoms with Crippen molar-refractivity contribution in [2.75, 3.05) is 5.32 Å². The zero-order valence-electron chi connectivity index (χ0n) is 8.98. The lowest BCUT2D eigenvalue weighted by Crippen LogP contribution is -2.17. The molecule has 1 aromatic heterocycles. The van der Waals surface area contributed by atoms with Crippen LogP contribution in [0, 0.1) is 12.3 Å². The molecule has 6 heteroatoms. The zero-order chi connectivity index (χ0) is 13.1. The van der Waals surface area contributed by atoms with E-state index in [1.807, 2.05) is 6.92 Å². The van der Waals surface area contributed by atoms with Crippen LogP contribution in [0.3, 0.4) is 0 Å². The second-order valence-electron chi connectivity index (χ2n) is 3.33. The van der Waals surface area contributed by atoms with Crippen molar-refractivity contribution in [3.8, 4) is 12.3 Å². The molecule has 0 saturated heterocycles. The van der Waals surface area contributed by atoms with E-state index in [1.54, 1.807) is 0 Å². The van der Waals surface area contributed by atoms with Gasteiger partial charge in [0.05, 0.1) is 11.6 Å². The summed E-state index contributed by atoms with van der Waals surface area (Å²) in [7, 11) is 0. The van der Waals surface area contributed by atoms with E-state index in [9.17, 15) is 13.2 Å². The summed E-state index contributed by atoms with van der Waals surface area (Å²) in [5, 5.41) is 2.47. The molecule has 0 radical (unpaired) electrons. The van der Waals surface area contributed by atoms with Crippen LogP contribution in [0.25, 0.3) is 0 Å². The molecule has 17 heavy (non-hydrogen) atoms. The van der Waals surface area contributed by atoms with E-state index in [2.05, 4.69) is 16.2 Å². The van der Waals surface area contributed by atoms with Gasteiger partial charge in [0.15, 0.2) is 0 Å². The number of pyridine rings is 1. The van der Waals surface area contributed by atoms with Crippen LogP contribution in [-0.2, 0) is 6.18 Å². The minimum Gasteiger partial charge on any atom is -0.356 e. The summed E-state index contributed by atoms with van der Waals surface area (Å²) in [5.74, 6) is 2.43. The average molecular weight is 263 g/mol. The molecule has 1 atom stereocenters. The van der Waals surface area contributed by atoms with Gasteiger partial charge in [-0.3, -0.25) is 0 Å². The number of aromatic nitrogens is 1. The first kappa shape index (κ1) is 13.7. The lowest BCUT2D eigenvalue weighted by molar-refractivity contribution is -0.137. The van der Waals surface area contributed by atoms with Crippen molar-refractivity contribution in [1.29, 1.82) is 0 Å². The molecule has 2 nitrogen and oxygen atoms in total. The number of anilines is 1. The van der Waals surface area contributed by atoms with Gasteiger partial charge >= 0.3 is 6.18 Å². The van der Waals surface area contributed by atoms with Crippen LogP contribution >= 0.6 is 11.6 Å². The summed E-state index contributed by atoms with van der Waals surface area (Å²) in [6.07, 6.45) is 1.32. The Morgan fingerprint density at radius 1 is 1.53 bits per heavy atom. The average Bonchev–Trinajstić information content (AvgIpc) is 2.24. The van der Waals surface area contributed by atoms with Gasteiger partial charge in [0, 0.05) is 0 Å². The summed E-state index contributed by atoms with van der Waals surface area (Å²) in [4.78, 5) is 3.74. The fourth-order valence-corrected chi connectivity index (χ4v) is 1.38. The van der Waals surface area contributed by atoms with Crippen LogP contribution in [0.1, 0.15) is 18.9 Å². The molecule has 0 spiro atoms. The fourth-order valence-electron chi connectivity index (χ4n) is 1.17. The van der Waals surface area contributed by atoms with Gasteiger partial charge in [-0.1, -0.05) is 24.4 Å². The third kappa shape index (κ3) is 3.82. The smallest absolute Gasteiger partial charge is 0.356 e. The Morgan fingerprint density at radius 2 is 2.18 bits per heavy atom. The Kier molecular flexibility index (Phi) is 4.24. The lowest BCUT2D eigenvalue weighted by atomic mass is 10.2. The van der Waals surface area contributed by atoms with Crippen molar-refractivity contribution >= 4 is 17.4 Å². The highest BCUT2D eigenvalue weighted by molar-refractivity contribution is 6.29. The molecule has 1 unspecified atom stereocenters. The summed E-state index contributed by atoms with van der Waals surface area (Å²) in [6.45, 7) is 1.81. The molecule has 0 aliphatic carbocycles. The van der Waals surface area contributed by atoms with E-state index in [-0.39, 0.29) is 17.0 Å². The maximum absolute atomic E-state index is 12.5. The maximum Gasteiger partial charge on any atom is 0.416 e. The Hall–Kier alpha value is -1.41. The van der Waals surface area contributed by atoms with Gasteiger partial charge in [0.1, 0.15) is 11.0 Å². The molecule has 1 N–H and O–H groups in total. The number of alkyl halides is 3. The minimum absolute atomic E-state index is 0.0228. The van der Waals surface area contributed by atoms with Gasteiger partial charge in [-0.25, -0.2) is 4.98 Å². The van der Waals surface area contributed by atoms with Crippen molar-refractivity contribution in [3.63, 3.8) is 0 Å². The number of nitrogens with zero attached hydrogens (tertiary/aromatic N) is 1. The normalized spacial score (nSPS) is 12.9. The first-order chi connectivity index (χ1) is 7.86. The quantitative estimate of drug-likeness (QED) is 0.665. The molecule has 92 valence electrons. The molecule has 0 fully saturated rings. The number of halogens is 4. The van der Waals surface area contributed by atoms with Crippen molar-refractivity contribution in [3.05, 3.63) is 22.8 Å². The van der Waals surface area contributed by atoms with Crippen LogP contribution in [0.5, 0.6) is 0 Å². The molecule has 0 aliphatic heterocycles. The van der Waals surface area contributed by atoms with E-state index < -0.39 is 11.7 Å². The SMILES string of the molecule is C#CC(CC)Nc1cc(C(F)(F)F)cc(Cl)n1. The number of hydrogen-bond acceptors (Lipinski definition) is 2. The molecule has 0 aliphatic rings. The molecule has 1 heterocycles. The maximum atomic E-state index is 12.5. The standard InChI is InChI=1S/C11H10ClF3N2/c1-3-8(4-2)16-10-6-7(11(13,14)15)5-9(12)17-10/h1,5-6,8H,4H2,2H3,(H,16,17). The Balaban J connectivity index is 3.03. The third-order valence-corrected chi connectivity index (χ3v) is 2.25. The first-order valence-corrected chi connectivity index (χ1v) is 5.22. The van der Waals surface area contributed by atoms with Gasteiger partial charge in [0.2, 0.25) is 0 Å². The highest BCUT2D eigenvalue weighted by Crippen LogP contribution is 2.32. The first-order valence-electron chi connectivity index (χ1n) is 4.84. The second-order valence-corrected chi connectivity index (χ2v) is 3.72. The van der Waals surface area contributed by atoms with Crippen LogP contribution in [-0.4, -0.2) is 11.0 Å². The molecule has 0 amide bonds. The van der Waals surface area contributed by atoms with Crippen LogP contribution < -0.4 is 5.32 Å².